The summed E-state index contributed by atoms with van der Waals surface area (Å²) in [7, 11) is 0. The zero-order valence-corrected chi connectivity index (χ0v) is 13.1. The molecule has 1 heteroatoms. The van der Waals surface area contributed by atoms with Gasteiger partial charge in [0.05, 0.1) is 5.60 Å². The van der Waals surface area contributed by atoms with Crippen molar-refractivity contribution in [2.75, 3.05) is 0 Å². The monoisotopic (exact) mass is 242 g/mol. The van der Waals surface area contributed by atoms with Gasteiger partial charge in [0.2, 0.25) is 0 Å². The highest BCUT2D eigenvalue weighted by atomic mass is 16.3. The number of hydrogen-bond acceptors (Lipinski definition) is 1. The molecule has 2 atom stereocenters. The second kappa shape index (κ2) is 6.78. The van der Waals surface area contributed by atoms with Crippen LogP contribution in [-0.4, -0.2) is 10.7 Å². The van der Waals surface area contributed by atoms with Gasteiger partial charge >= 0.3 is 0 Å². The summed E-state index contributed by atoms with van der Waals surface area (Å²) >= 11 is 0. The van der Waals surface area contributed by atoms with E-state index in [1.807, 2.05) is 0 Å². The maximum Gasteiger partial charge on any atom is 0.0726 e. The summed E-state index contributed by atoms with van der Waals surface area (Å²) in [6, 6.07) is 0. The van der Waals surface area contributed by atoms with Gasteiger partial charge in [0.1, 0.15) is 0 Å². The van der Waals surface area contributed by atoms with Gasteiger partial charge in [0.15, 0.2) is 0 Å². The Morgan fingerprint density at radius 3 is 1.88 bits per heavy atom. The summed E-state index contributed by atoms with van der Waals surface area (Å²) in [5, 5.41) is 11.2. The molecule has 0 aromatic carbocycles. The molecule has 0 aromatic heterocycles. The topological polar surface area (TPSA) is 20.2 Å². The molecule has 0 heterocycles. The lowest BCUT2D eigenvalue weighted by molar-refractivity contribution is -0.135. The highest BCUT2D eigenvalue weighted by Gasteiger charge is 2.47. The average molecular weight is 242 g/mol. The van der Waals surface area contributed by atoms with Crippen LogP contribution in [0.15, 0.2) is 0 Å². The van der Waals surface area contributed by atoms with Gasteiger partial charge in [-0.3, -0.25) is 0 Å². The summed E-state index contributed by atoms with van der Waals surface area (Å²) in [6.07, 6.45) is 5.60. The van der Waals surface area contributed by atoms with Crippen LogP contribution < -0.4 is 0 Å². The number of hydrogen-bond donors (Lipinski definition) is 1. The summed E-state index contributed by atoms with van der Waals surface area (Å²) in [6.45, 7) is 15.5. The van der Waals surface area contributed by atoms with Crippen LogP contribution in [0.5, 0.6) is 0 Å². The van der Waals surface area contributed by atoms with Crippen LogP contribution in [0.1, 0.15) is 80.6 Å². The average Bonchev–Trinajstić information content (AvgIpc) is 2.27. The quantitative estimate of drug-likeness (QED) is 0.592. The van der Waals surface area contributed by atoms with Crippen molar-refractivity contribution in [3.63, 3.8) is 0 Å². The van der Waals surface area contributed by atoms with E-state index >= 15 is 0 Å². The third-order valence-electron chi connectivity index (χ3n) is 5.15. The molecule has 0 aliphatic heterocycles. The molecule has 0 aromatic rings. The summed E-state index contributed by atoms with van der Waals surface area (Å²) in [5.74, 6) is 0.875. The molecule has 17 heavy (non-hydrogen) atoms. The largest absolute Gasteiger partial charge is 0.389 e. The van der Waals surface area contributed by atoms with E-state index in [-0.39, 0.29) is 5.41 Å². The molecule has 0 aliphatic carbocycles. The van der Waals surface area contributed by atoms with Crippen LogP contribution in [0.4, 0.5) is 0 Å². The smallest absolute Gasteiger partial charge is 0.0726 e. The lowest BCUT2D eigenvalue weighted by Gasteiger charge is -2.49. The molecular formula is C16H34O. The Morgan fingerprint density at radius 1 is 1.00 bits per heavy atom. The van der Waals surface area contributed by atoms with Crippen molar-refractivity contribution in [1.82, 2.24) is 0 Å². The van der Waals surface area contributed by atoms with Gasteiger partial charge in [0.25, 0.3) is 0 Å². The molecule has 0 fully saturated rings. The molecule has 0 bridgehead atoms. The molecule has 2 unspecified atom stereocenters. The van der Waals surface area contributed by atoms with Crippen LogP contribution >= 0.6 is 0 Å². The van der Waals surface area contributed by atoms with Gasteiger partial charge in [0, 0.05) is 0 Å². The van der Waals surface area contributed by atoms with Crippen LogP contribution in [0.25, 0.3) is 0 Å². The fourth-order valence-electron chi connectivity index (χ4n) is 2.69. The van der Waals surface area contributed by atoms with E-state index in [9.17, 15) is 5.11 Å². The summed E-state index contributed by atoms with van der Waals surface area (Å²) < 4.78 is 0. The Labute approximate surface area is 109 Å². The maximum absolute atomic E-state index is 11.2. The fourth-order valence-corrected chi connectivity index (χ4v) is 2.69. The van der Waals surface area contributed by atoms with E-state index < -0.39 is 5.60 Å². The summed E-state index contributed by atoms with van der Waals surface area (Å²) in [5.41, 5.74) is -0.540. The molecule has 1 N–H and O–H groups in total. The summed E-state index contributed by atoms with van der Waals surface area (Å²) in [4.78, 5) is 0. The molecule has 104 valence electrons. The van der Waals surface area contributed by atoms with E-state index in [1.165, 1.54) is 12.8 Å². The van der Waals surface area contributed by atoms with Crippen molar-refractivity contribution in [3.8, 4) is 0 Å². The molecule has 0 radical (unpaired) electrons. The SMILES string of the molecule is CCCCCC(O)(C(C)CC)C(C)(C)C(C)C. The van der Waals surface area contributed by atoms with Crippen molar-refractivity contribution in [3.05, 3.63) is 0 Å². The lowest BCUT2D eigenvalue weighted by atomic mass is 9.60. The third kappa shape index (κ3) is 3.71. The first-order valence-electron chi connectivity index (χ1n) is 7.46. The normalized spacial score (nSPS) is 18.2. The van der Waals surface area contributed by atoms with Crippen LogP contribution in [-0.2, 0) is 0 Å². The first kappa shape index (κ1) is 17.0. The second-order valence-electron chi connectivity index (χ2n) is 6.57. The van der Waals surface area contributed by atoms with Crippen molar-refractivity contribution in [2.24, 2.45) is 17.3 Å². The van der Waals surface area contributed by atoms with Gasteiger partial charge < -0.3 is 5.11 Å². The second-order valence-corrected chi connectivity index (χ2v) is 6.57. The first-order valence-corrected chi connectivity index (χ1v) is 7.46. The predicted molar refractivity (Wildman–Crippen MR) is 77.2 cm³/mol. The Kier molecular flexibility index (Phi) is 6.76. The number of rotatable bonds is 8. The molecule has 0 aliphatic rings. The van der Waals surface area contributed by atoms with Crippen LogP contribution in [0.2, 0.25) is 0 Å². The molecule has 0 rings (SSSR count). The van der Waals surface area contributed by atoms with Gasteiger partial charge in [-0.2, -0.15) is 0 Å². The van der Waals surface area contributed by atoms with E-state index in [4.69, 9.17) is 0 Å². The minimum absolute atomic E-state index is 0.0177. The molecule has 0 saturated carbocycles. The Hall–Kier alpha value is -0.0400. The number of aliphatic hydroxyl groups is 1. The van der Waals surface area contributed by atoms with E-state index in [1.54, 1.807) is 0 Å². The van der Waals surface area contributed by atoms with Crippen molar-refractivity contribution >= 4 is 0 Å². The Balaban J connectivity index is 4.96. The first-order chi connectivity index (χ1) is 7.74. The predicted octanol–water partition coefficient (Wildman–Crippen LogP) is 5.03. The minimum Gasteiger partial charge on any atom is -0.389 e. The van der Waals surface area contributed by atoms with Gasteiger partial charge in [-0.15, -0.1) is 0 Å². The standard InChI is InChI=1S/C16H34O/c1-8-10-11-12-16(17,14(5)9-2)15(6,7)13(3)4/h13-14,17H,8-12H2,1-7H3. The van der Waals surface area contributed by atoms with Gasteiger partial charge in [-0.1, -0.05) is 74.1 Å². The Bertz CT molecular complexity index is 208. The molecule has 0 amide bonds. The maximum atomic E-state index is 11.2. The highest BCUT2D eigenvalue weighted by molar-refractivity contribution is 4.98. The van der Waals surface area contributed by atoms with Crippen molar-refractivity contribution in [2.45, 2.75) is 86.2 Å². The molecule has 0 saturated heterocycles. The highest BCUT2D eigenvalue weighted by Crippen LogP contribution is 2.46. The zero-order chi connectivity index (χ0) is 13.7. The van der Waals surface area contributed by atoms with Crippen LogP contribution in [0.3, 0.4) is 0 Å². The van der Waals surface area contributed by atoms with Gasteiger partial charge in [-0.25, -0.2) is 0 Å². The molecule has 1 nitrogen and oxygen atoms in total. The van der Waals surface area contributed by atoms with Crippen LogP contribution in [0, 0.1) is 17.3 Å². The number of unbranched alkanes of at least 4 members (excludes halogenated alkanes) is 2. The van der Waals surface area contributed by atoms with E-state index in [2.05, 4.69) is 48.5 Å². The lowest BCUT2D eigenvalue weighted by Crippen LogP contribution is -2.52. The van der Waals surface area contributed by atoms with Crippen molar-refractivity contribution in [1.29, 1.82) is 0 Å². The van der Waals surface area contributed by atoms with Crippen molar-refractivity contribution < 1.29 is 5.11 Å². The third-order valence-corrected chi connectivity index (χ3v) is 5.15. The van der Waals surface area contributed by atoms with Gasteiger partial charge in [-0.05, 0) is 23.7 Å². The Morgan fingerprint density at radius 2 is 1.53 bits per heavy atom. The molecule has 0 spiro atoms. The molecular weight excluding hydrogens is 208 g/mol. The fraction of sp³-hybridized carbons (Fsp3) is 1.00. The van der Waals surface area contributed by atoms with E-state index in [0.717, 1.165) is 19.3 Å². The zero-order valence-electron chi connectivity index (χ0n) is 13.1. The van der Waals surface area contributed by atoms with E-state index in [0.29, 0.717) is 11.8 Å². The minimum atomic E-state index is -0.523.